The number of carbonyl (C=O) groups is 3. The number of amides is 1. The summed E-state index contributed by atoms with van der Waals surface area (Å²) in [5.41, 5.74) is -0.963. The van der Waals surface area contributed by atoms with Gasteiger partial charge >= 0.3 is 12.1 Å². The number of Topliss-reactive ketones (excluding diaryl/α,β-unsaturated/α-hetero) is 1. The van der Waals surface area contributed by atoms with Crippen molar-refractivity contribution in [1.29, 1.82) is 0 Å². The average Bonchev–Trinajstić information content (AvgIpc) is 2.77. The van der Waals surface area contributed by atoms with Crippen LogP contribution in [0.1, 0.15) is 44.9 Å². The second-order valence-corrected chi connectivity index (χ2v) is 6.87. The summed E-state index contributed by atoms with van der Waals surface area (Å²) in [6.07, 6.45) is -6.29. The van der Waals surface area contributed by atoms with Gasteiger partial charge in [-0.1, -0.05) is 54.6 Å². The molecule has 0 aliphatic heterocycles. The predicted molar refractivity (Wildman–Crippen MR) is 111 cm³/mol. The van der Waals surface area contributed by atoms with Gasteiger partial charge in [-0.3, -0.25) is 9.59 Å². The Labute approximate surface area is 181 Å². The number of halogens is 3. The molecule has 0 heterocycles. The highest BCUT2D eigenvalue weighted by atomic mass is 19.4. The molecule has 0 spiro atoms. The fourth-order valence-corrected chi connectivity index (χ4v) is 3.00. The Morgan fingerprint density at radius 1 is 0.875 bits per heavy atom. The molecule has 0 unspecified atom stereocenters. The lowest BCUT2D eigenvalue weighted by molar-refractivity contribution is -0.138. The largest absolute Gasteiger partial charge is 0.444 e. The topological polar surface area (TPSA) is 72.5 Å². The first-order valence-corrected chi connectivity index (χ1v) is 9.51. The SMILES string of the molecule is CC(=O)c1cccc(NC(=O)[C@H](OC(=O)c2ccccc2C(F)(F)F)c2ccccc2)c1. The van der Waals surface area contributed by atoms with Crippen LogP contribution in [-0.4, -0.2) is 17.7 Å². The number of benzene rings is 3. The summed E-state index contributed by atoms with van der Waals surface area (Å²) in [6, 6.07) is 18.2. The number of alkyl halides is 3. The third kappa shape index (κ3) is 5.40. The summed E-state index contributed by atoms with van der Waals surface area (Å²) in [7, 11) is 0. The van der Waals surface area contributed by atoms with Crippen LogP contribution in [0.2, 0.25) is 0 Å². The minimum atomic E-state index is -4.77. The first-order valence-electron chi connectivity index (χ1n) is 9.51. The summed E-state index contributed by atoms with van der Waals surface area (Å²) < 4.78 is 45.2. The van der Waals surface area contributed by atoms with E-state index in [2.05, 4.69) is 5.32 Å². The summed E-state index contributed by atoms with van der Waals surface area (Å²) in [6.45, 7) is 1.37. The number of ketones is 1. The Hall–Kier alpha value is -3.94. The van der Waals surface area contributed by atoms with Crippen molar-refractivity contribution in [3.63, 3.8) is 0 Å². The second kappa shape index (κ2) is 9.47. The van der Waals surface area contributed by atoms with Crippen molar-refractivity contribution in [2.24, 2.45) is 0 Å². The van der Waals surface area contributed by atoms with Gasteiger partial charge < -0.3 is 10.1 Å². The molecule has 3 aromatic rings. The molecule has 1 atom stereocenters. The average molecular weight is 441 g/mol. The minimum Gasteiger partial charge on any atom is -0.444 e. The van der Waals surface area contributed by atoms with E-state index in [1.54, 1.807) is 30.3 Å². The van der Waals surface area contributed by atoms with E-state index in [0.717, 1.165) is 18.2 Å². The third-order valence-corrected chi connectivity index (χ3v) is 4.55. The summed E-state index contributed by atoms with van der Waals surface area (Å²) in [4.78, 5) is 37.2. The third-order valence-electron chi connectivity index (χ3n) is 4.55. The number of hydrogen-bond donors (Lipinski definition) is 1. The van der Waals surface area contributed by atoms with E-state index in [9.17, 15) is 27.6 Å². The van der Waals surface area contributed by atoms with E-state index in [4.69, 9.17) is 4.74 Å². The molecular formula is C24H18F3NO4. The molecule has 1 N–H and O–H groups in total. The maximum absolute atomic E-state index is 13.3. The molecule has 0 aromatic heterocycles. The van der Waals surface area contributed by atoms with Crippen LogP contribution in [0, 0.1) is 0 Å². The maximum Gasteiger partial charge on any atom is 0.417 e. The van der Waals surface area contributed by atoms with Gasteiger partial charge in [-0.25, -0.2) is 4.79 Å². The number of rotatable bonds is 6. The van der Waals surface area contributed by atoms with E-state index >= 15 is 0 Å². The Morgan fingerprint density at radius 3 is 2.19 bits per heavy atom. The molecule has 0 radical (unpaired) electrons. The van der Waals surface area contributed by atoms with Gasteiger partial charge in [0.2, 0.25) is 6.10 Å². The maximum atomic E-state index is 13.3. The molecule has 0 aliphatic rings. The summed E-state index contributed by atoms with van der Waals surface area (Å²) >= 11 is 0. The van der Waals surface area contributed by atoms with Crippen molar-refractivity contribution >= 4 is 23.3 Å². The zero-order valence-corrected chi connectivity index (χ0v) is 16.8. The van der Waals surface area contributed by atoms with Crippen molar-refractivity contribution < 1.29 is 32.3 Å². The van der Waals surface area contributed by atoms with Gasteiger partial charge in [0.25, 0.3) is 5.91 Å². The molecule has 3 rings (SSSR count). The normalized spacial score (nSPS) is 12.0. The highest BCUT2D eigenvalue weighted by Crippen LogP contribution is 2.33. The standard InChI is InChI=1S/C24H18F3NO4/c1-15(29)17-10-7-11-18(14-17)28-22(30)21(16-8-3-2-4-9-16)32-23(31)19-12-5-6-13-20(19)24(25,26)27/h2-14,21H,1H3,(H,28,30)/t21-/m1/s1. The molecular weight excluding hydrogens is 423 g/mol. The number of carbonyl (C=O) groups excluding carboxylic acids is 3. The Balaban J connectivity index is 1.91. The number of nitrogens with one attached hydrogen (secondary N) is 1. The van der Waals surface area contributed by atoms with Crippen LogP contribution in [0.4, 0.5) is 18.9 Å². The van der Waals surface area contributed by atoms with Gasteiger partial charge in [-0.15, -0.1) is 0 Å². The highest BCUT2D eigenvalue weighted by Gasteiger charge is 2.36. The van der Waals surface area contributed by atoms with Gasteiger partial charge in [0, 0.05) is 16.8 Å². The highest BCUT2D eigenvalue weighted by molar-refractivity contribution is 6.00. The van der Waals surface area contributed by atoms with Crippen LogP contribution in [-0.2, 0) is 15.7 Å². The zero-order valence-electron chi connectivity index (χ0n) is 16.8. The summed E-state index contributed by atoms with van der Waals surface area (Å²) in [5.74, 6) is -2.29. The first-order chi connectivity index (χ1) is 15.2. The predicted octanol–water partition coefficient (Wildman–Crippen LogP) is 5.44. The number of ether oxygens (including phenoxy) is 1. The Bertz CT molecular complexity index is 1140. The van der Waals surface area contributed by atoms with Crippen molar-refractivity contribution in [3.8, 4) is 0 Å². The molecule has 0 aliphatic carbocycles. The minimum absolute atomic E-state index is 0.212. The van der Waals surface area contributed by atoms with Crippen molar-refractivity contribution in [3.05, 3.63) is 101 Å². The number of hydrogen-bond acceptors (Lipinski definition) is 4. The quantitative estimate of drug-likeness (QED) is 0.408. The van der Waals surface area contributed by atoms with E-state index < -0.39 is 35.3 Å². The molecule has 8 heteroatoms. The number of anilines is 1. The van der Waals surface area contributed by atoms with Crippen LogP contribution in [0.5, 0.6) is 0 Å². The molecule has 0 fully saturated rings. The van der Waals surface area contributed by atoms with E-state index in [-0.39, 0.29) is 17.0 Å². The molecule has 5 nitrogen and oxygen atoms in total. The van der Waals surface area contributed by atoms with Crippen molar-refractivity contribution in [1.82, 2.24) is 0 Å². The molecule has 164 valence electrons. The zero-order chi connectivity index (χ0) is 23.3. The molecule has 3 aromatic carbocycles. The second-order valence-electron chi connectivity index (χ2n) is 6.87. The molecule has 0 bridgehead atoms. The van der Waals surface area contributed by atoms with E-state index in [0.29, 0.717) is 5.56 Å². The molecule has 32 heavy (non-hydrogen) atoms. The monoisotopic (exact) mass is 441 g/mol. The van der Waals surface area contributed by atoms with Crippen LogP contribution < -0.4 is 5.32 Å². The first kappa shape index (κ1) is 22.7. The van der Waals surface area contributed by atoms with Gasteiger partial charge in [0.15, 0.2) is 5.78 Å². The van der Waals surface area contributed by atoms with Gasteiger partial charge in [-0.05, 0) is 31.2 Å². The van der Waals surface area contributed by atoms with E-state index in [1.165, 1.54) is 37.3 Å². The smallest absolute Gasteiger partial charge is 0.417 e. The Kier molecular flexibility index (Phi) is 6.73. The fraction of sp³-hybridized carbons (Fsp3) is 0.125. The lowest BCUT2D eigenvalue weighted by Crippen LogP contribution is -2.27. The number of esters is 1. The van der Waals surface area contributed by atoms with Crippen LogP contribution in [0.3, 0.4) is 0 Å². The van der Waals surface area contributed by atoms with Crippen LogP contribution in [0.25, 0.3) is 0 Å². The van der Waals surface area contributed by atoms with Crippen LogP contribution in [0.15, 0.2) is 78.9 Å². The van der Waals surface area contributed by atoms with Crippen LogP contribution >= 0.6 is 0 Å². The summed E-state index contributed by atoms with van der Waals surface area (Å²) in [5, 5.41) is 2.55. The van der Waals surface area contributed by atoms with Crippen molar-refractivity contribution in [2.75, 3.05) is 5.32 Å². The lowest BCUT2D eigenvalue weighted by atomic mass is 10.1. The van der Waals surface area contributed by atoms with E-state index in [1.807, 2.05) is 0 Å². The van der Waals surface area contributed by atoms with Gasteiger partial charge in [-0.2, -0.15) is 13.2 Å². The molecule has 0 saturated carbocycles. The van der Waals surface area contributed by atoms with Crippen molar-refractivity contribution in [2.45, 2.75) is 19.2 Å². The lowest BCUT2D eigenvalue weighted by Gasteiger charge is -2.19. The fourth-order valence-electron chi connectivity index (χ4n) is 3.00. The molecule has 0 saturated heterocycles. The molecule has 1 amide bonds. The Morgan fingerprint density at radius 2 is 1.53 bits per heavy atom. The van der Waals surface area contributed by atoms with Gasteiger partial charge in [0.1, 0.15) is 0 Å². The van der Waals surface area contributed by atoms with Gasteiger partial charge in [0.05, 0.1) is 11.1 Å².